The number of aromatic nitrogens is 1. The summed E-state index contributed by atoms with van der Waals surface area (Å²) in [5.41, 5.74) is 1.57. The molecule has 158 valence electrons. The lowest BCUT2D eigenvalue weighted by molar-refractivity contribution is 0.0743. The number of hydrogen-bond donors (Lipinski definition) is 0. The Labute approximate surface area is 184 Å². The number of benzene rings is 2. The van der Waals surface area contributed by atoms with Crippen molar-refractivity contribution in [2.45, 2.75) is 16.7 Å². The lowest BCUT2D eigenvalue weighted by Gasteiger charge is -2.34. The average molecular weight is 462 g/mol. The van der Waals surface area contributed by atoms with Gasteiger partial charge in [0.2, 0.25) is 0 Å². The Morgan fingerprint density at radius 3 is 2.57 bits per heavy atom. The molecule has 1 fully saturated rings. The highest BCUT2D eigenvalue weighted by Crippen LogP contribution is 2.31. The molecule has 1 aliphatic rings. The molecule has 0 spiro atoms. The second kappa shape index (κ2) is 8.56. The maximum Gasteiger partial charge on any atom is 0.255 e. The molecule has 9 heteroatoms. The number of fused-ring (bicyclic) bond motifs is 1. The van der Waals surface area contributed by atoms with E-state index in [0.29, 0.717) is 31.1 Å². The number of thiazole rings is 1. The number of sulfone groups is 1. The van der Waals surface area contributed by atoms with Gasteiger partial charge in [-0.2, -0.15) is 0 Å². The molecule has 0 N–H and O–H groups in total. The van der Waals surface area contributed by atoms with Crippen LogP contribution in [0.5, 0.6) is 0 Å². The molecular weight excluding hydrogens is 438 g/mol. The zero-order valence-corrected chi connectivity index (χ0v) is 19.3. The Kier molecular flexibility index (Phi) is 6.04. The summed E-state index contributed by atoms with van der Waals surface area (Å²) in [5.74, 6) is 1.00. The summed E-state index contributed by atoms with van der Waals surface area (Å²) in [5, 5.41) is 0.865. The van der Waals surface area contributed by atoms with Crippen LogP contribution in [0.1, 0.15) is 17.3 Å². The van der Waals surface area contributed by atoms with Gasteiger partial charge in [-0.15, -0.1) is 11.8 Å². The highest BCUT2D eigenvalue weighted by atomic mass is 32.2. The number of rotatable bonds is 5. The van der Waals surface area contributed by atoms with E-state index in [1.54, 1.807) is 30.0 Å². The maximum atomic E-state index is 13.0. The molecule has 0 saturated carbocycles. The number of carbonyl (C=O) groups excluding carboxylic acids is 1. The van der Waals surface area contributed by atoms with Crippen LogP contribution < -0.4 is 4.90 Å². The molecule has 1 aliphatic heterocycles. The van der Waals surface area contributed by atoms with E-state index in [1.807, 2.05) is 29.2 Å². The summed E-state index contributed by atoms with van der Waals surface area (Å²) in [4.78, 5) is 23.1. The van der Waals surface area contributed by atoms with E-state index >= 15 is 0 Å². The van der Waals surface area contributed by atoms with Gasteiger partial charge in [0.15, 0.2) is 15.0 Å². The summed E-state index contributed by atoms with van der Waals surface area (Å²) in [6.07, 6.45) is 1.21. The Hall–Kier alpha value is -2.10. The number of anilines is 1. The molecule has 0 atom stereocenters. The minimum Gasteiger partial charge on any atom is -0.345 e. The molecular formula is C21H23N3O3S3. The quantitative estimate of drug-likeness (QED) is 0.539. The van der Waals surface area contributed by atoms with Crippen molar-refractivity contribution >= 4 is 54.2 Å². The van der Waals surface area contributed by atoms with Crippen LogP contribution in [0.25, 0.3) is 10.2 Å². The zero-order chi connectivity index (χ0) is 21.3. The number of carbonyl (C=O) groups is 1. The van der Waals surface area contributed by atoms with Gasteiger partial charge < -0.3 is 9.80 Å². The van der Waals surface area contributed by atoms with E-state index < -0.39 is 9.84 Å². The summed E-state index contributed by atoms with van der Waals surface area (Å²) in [7, 11) is -3.24. The van der Waals surface area contributed by atoms with Crippen molar-refractivity contribution in [3.8, 4) is 0 Å². The minimum atomic E-state index is -3.24. The van der Waals surface area contributed by atoms with Gasteiger partial charge in [-0.3, -0.25) is 4.79 Å². The third-order valence-corrected chi connectivity index (χ3v) is 8.18. The van der Waals surface area contributed by atoms with E-state index in [-0.39, 0.29) is 5.91 Å². The number of hydrogen-bond acceptors (Lipinski definition) is 7. The van der Waals surface area contributed by atoms with Crippen molar-refractivity contribution in [3.05, 3.63) is 48.0 Å². The summed E-state index contributed by atoms with van der Waals surface area (Å²) in [6.45, 7) is 4.76. The van der Waals surface area contributed by atoms with Gasteiger partial charge >= 0.3 is 0 Å². The molecule has 0 radical (unpaired) electrons. The van der Waals surface area contributed by atoms with E-state index in [2.05, 4.69) is 16.8 Å². The van der Waals surface area contributed by atoms with Gasteiger partial charge in [0.05, 0.1) is 20.7 Å². The lowest BCUT2D eigenvalue weighted by atomic mass is 10.2. The van der Waals surface area contributed by atoms with Crippen molar-refractivity contribution in [3.63, 3.8) is 0 Å². The highest BCUT2D eigenvalue weighted by Gasteiger charge is 2.25. The van der Waals surface area contributed by atoms with Crippen molar-refractivity contribution in [1.82, 2.24) is 9.88 Å². The summed E-state index contributed by atoms with van der Waals surface area (Å²) >= 11 is 3.18. The molecule has 2 heterocycles. The summed E-state index contributed by atoms with van der Waals surface area (Å²) in [6, 6.07) is 12.8. The Morgan fingerprint density at radius 1 is 1.13 bits per heavy atom. The Balaban J connectivity index is 1.48. The number of piperazine rings is 1. The number of thioether (sulfide) groups is 1. The fraction of sp³-hybridized carbons (Fsp3) is 0.333. The van der Waals surface area contributed by atoms with Crippen LogP contribution in [0, 0.1) is 0 Å². The van der Waals surface area contributed by atoms with Gasteiger partial charge in [-0.05, 0) is 36.1 Å². The highest BCUT2D eigenvalue weighted by molar-refractivity contribution is 7.99. The summed E-state index contributed by atoms with van der Waals surface area (Å²) < 4.78 is 24.5. The third kappa shape index (κ3) is 4.33. The Bertz CT molecular complexity index is 1180. The van der Waals surface area contributed by atoms with E-state index in [0.717, 1.165) is 31.6 Å². The number of nitrogens with zero attached hydrogens (tertiary/aromatic N) is 3. The molecule has 2 aromatic carbocycles. The minimum absolute atomic E-state index is 0.0771. The first-order valence-corrected chi connectivity index (χ1v) is 13.4. The van der Waals surface area contributed by atoms with E-state index in [9.17, 15) is 13.2 Å². The van der Waals surface area contributed by atoms with Crippen molar-refractivity contribution < 1.29 is 13.2 Å². The SMILES string of the molecule is CCSc1ccccc1C(=O)N1CCN(c2nc3ccc(S(C)(=O)=O)cc3s2)CC1. The normalized spacial score (nSPS) is 15.0. The molecule has 1 aromatic heterocycles. The van der Waals surface area contributed by atoms with Crippen LogP contribution in [-0.2, 0) is 9.84 Å². The molecule has 0 bridgehead atoms. The van der Waals surface area contributed by atoms with Crippen LogP contribution in [0.2, 0.25) is 0 Å². The molecule has 3 aromatic rings. The van der Waals surface area contributed by atoms with Crippen LogP contribution in [0.15, 0.2) is 52.3 Å². The van der Waals surface area contributed by atoms with E-state index in [4.69, 9.17) is 0 Å². The van der Waals surface area contributed by atoms with Crippen molar-refractivity contribution in [2.24, 2.45) is 0 Å². The zero-order valence-electron chi connectivity index (χ0n) is 16.9. The first-order valence-electron chi connectivity index (χ1n) is 9.73. The topological polar surface area (TPSA) is 70.6 Å². The first-order chi connectivity index (χ1) is 14.4. The molecule has 30 heavy (non-hydrogen) atoms. The van der Waals surface area contributed by atoms with Gasteiger partial charge in [-0.25, -0.2) is 13.4 Å². The predicted molar refractivity (Wildman–Crippen MR) is 124 cm³/mol. The Morgan fingerprint density at radius 2 is 1.87 bits per heavy atom. The van der Waals surface area contributed by atoms with Gasteiger partial charge in [0.25, 0.3) is 5.91 Å². The van der Waals surface area contributed by atoms with Crippen LogP contribution in [0.4, 0.5) is 5.13 Å². The second-order valence-corrected chi connectivity index (χ2v) is 11.4. The maximum absolute atomic E-state index is 13.0. The van der Waals surface area contributed by atoms with Gasteiger partial charge in [0.1, 0.15) is 0 Å². The second-order valence-electron chi connectivity index (χ2n) is 7.11. The molecule has 4 rings (SSSR count). The van der Waals surface area contributed by atoms with Crippen LogP contribution in [0.3, 0.4) is 0 Å². The fourth-order valence-electron chi connectivity index (χ4n) is 3.45. The molecule has 1 amide bonds. The van der Waals surface area contributed by atoms with Gasteiger partial charge in [-0.1, -0.05) is 30.4 Å². The largest absolute Gasteiger partial charge is 0.345 e. The molecule has 1 saturated heterocycles. The van der Waals surface area contributed by atoms with Crippen molar-refractivity contribution in [2.75, 3.05) is 43.1 Å². The molecule has 0 aliphatic carbocycles. The first kappa shape index (κ1) is 21.1. The van der Waals surface area contributed by atoms with E-state index in [1.165, 1.54) is 17.6 Å². The predicted octanol–water partition coefficient (Wildman–Crippen LogP) is 3.77. The number of amides is 1. The molecule has 0 unspecified atom stereocenters. The van der Waals surface area contributed by atoms with Crippen molar-refractivity contribution in [1.29, 1.82) is 0 Å². The van der Waals surface area contributed by atoms with Crippen LogP contribution in [-0.4, -0.2) is 62.4 Å². The average Bonchev–Trinajstić information content (AvgIpc) is 3.17. The fourth-order valence-corrected chi connectivity index (χ4v) is 6.03. The van der Waals surface area contributed by atoms with Gasteiger partial charge in [0, 0.05) is 37.3 Å². The molecule has 6 nitrogen and oxygen atoms in total. The smallest absolute Gasteiger partial charge is 0.255 e. The lowest BCUT2D eigenvalue weighted by Crippen LogP contribution is -2.48. The third-order valence-electron chi connectivity index (χ3n) is 5.03. The monoisotopic (exact) mass is 461 g/mol. The standard InChI is InChI=1S/C21H23N3O3S3/c1-3-28-18-7-5-4-6-16(18)20(25)23-10-12-24(13-11-23)21-22-17-9-8-15(30(2,26)27)14-19(17)29-21/h4-9,14H,3,10-13H2,1-2H3. The van der Waals surface area contributed by atoms with Crippen LogP contribution >= 0.6 is 23.1 Å².